The average Bonchev–Trinajstić information content (AvgIpc) is 2.88. The largest absolute Gasteiger partial charge is 0.321 e. The summed E-state index contributed by atoms with van der Waals surface area (Å²) in [5.74, 6) is -0.202. The minimum atomic E-state index is -0.202. The van der Waals surface area contributed by atoms with Gasteiger partial charge >= 0.3 is 0 Å². The van der Waals surface area contributed by atoms with E-state index in [2.05, 4.69) is 26.2 Å². The van der Waals surface area contributed by atoms with Crippen LogP contribution in [-0.2, 0) is 6.42 Å². The Balaban J connectivity index is 2.02. The van der Waals surface area contributed by atoms with Crippen LogP contribution in [0.5, 0.6) is 0 Å². The summed E-state index contributed by atoms with van der Waals surface area (Å²) in [6, 6.07) is 9.25. The Morgan fingerprint density at radius 2 is 2.13 bits per heavy atom. The number of nitrogens with one attached hydrogen (secondary N) is 1. The van der Waals surface area contributed by atoms with Crippen molar-refractivity contribution >= 4 is 44.8 Å². The van der Waals surface area contributed by atoms with Crippen LogP contribution in [-0.4, -0.2) is 15.3 Å². The molecule has 0 radical (unpaired) electrons. The summed E-state index contributed by atoms with van der Waals surface area (Å²) in [5.41, 5.74) is 3.69. The van der Waals surface area contributed by atoms with Crippen LogP contribution < -0.4 is 5.32 Å². The second-order valence-corrected chi connectivity index (χ2v) is 6.58. The van der Waals surface area contributed by atoms with Crippen LogP contribution >= 0.6 is 27.5 Å². The monoisotopic (exact) mass is 391 g/mol. The van der Waals surface area contributed by atoms with Crippen LogP contribution in [0.4, 0.5) is 5.69 Å². The molecular weight excluding hydrogens is 378 g/mol. The molecule has 0 aliphatic rings. The lowest BCUT2D eigenvalue weighted by molar-refractivity contribution is 0.102. The van der Waals surface area contributed by atoms with E-state index in [0.29, 0.717) is 22.8 Å². The molecule has 6 heteroatoms. The third-order valence-corrected chi connectivity index (χ3v) is 4.51. The Bertz CT molecular complexity index is 904. The first kappa shape index (κ1) is 16.0. The van der Waals surface area contributed by atoms with Crippen molar-refractivity contribution in [2.45, 2.75) is 20.3 Å². The molecule has 0 fully saturated rings. The number of carbonyl (C=O) groups is 1. The summed E-state index contributed by atoms with van der Waals surface area (Å²) < 4.78 is 2.69. The number of halogens is 2. The van der Waals surface area contributed by atoms with Gasteiger partial charge in [0.15, 0.2) is 0 Å². The zero-order valence-electron chi connectivity index (χ0n) is 12.7. The molecular formula is C17H15BrClN3O. The first-order valence-corrected chi connectivity index (χ1v) is 8.40. The van der Waals surface area contributed by atoms with E-state index in [9.17, 15) is 4.79 Å². The third kappa shape index (κ3) is 3.12. The summed E-state index contributed by atoms with van der Waals surface area (Å²) in [7, 11) is 0. The number of nitrogens with zero attached hydrogens (tertiary/aromatic N) is 2. The van der Waals surface area contributed by atoms with Gasteiger partial charge in [0.1, 0.15) is 11.3 Å². The third-order valence-electron chi connectivity index (χ3n) is 3.63. The molecule has 1 aromatic carbocycles. The molecule has 2 heterocycles. The van der Waals surface area contributed by atoms with Gasteiger partial charge in [-0.1, -0.05) is 24.6 Å². The summed E-state index contributed by atoms with van der Waals surface area (Å²) in [6.45, 7) is 3.90. The van der Waals surface area contributed by atoms with Gasteiger partial charge < -0.3 is 5.32 Å². The molecule has 0 saturated heterocycles. The van der Waals surface area contributed by atoms with Crippen molar-refractivity contribution in [3.8, 4) is 0 Å². The van der Waals surface area contributed by atoms with Gasteiger partial charge in [0, 0.05) is 21.4 Å². The van der Waals surface area contributed by atoms with Crippen LogP contribution in [0.3, 0.4) is 0 Å². The minimum absolute atomic E-state index is 0.202. The molecule has 23 heavy (non-hydrogen) atoms. The molecule has 0 saturated carbocycles. The highest BCUT2D eigenvalue weighted by atomic mass is 79.9. The fraction of sp³-hybridized carbons (Fsp3) is 0.176. The van der Waals surface area contributed by atoms with Crippen LogP contribution in [0.2, 0.25) is 5.02 Å². The number of aromatic nitrogens is 2. The fourth-order valence-corrected chi connectivity index (χ4v) is 2.93. The predicted molar refractivity (Wildman–Crippen MR) is 96.4 cm³/mol. The van der Waals surface area contributed by atoms with Gasteiger partial charge in [-0.3, -0.25) is 9.20 Å². The molecule has 0 bridgehead atoms. The fourth-order valence-electron chi connectivity index (χ4n) is 2.42. The number of pyridine rings is 1. The van der Waals surface area contributed by atoms with Gasteiger partial charge in [-0.05, 0) is 59.1 Å². The maximum absolute atomic E-state index is 12.7. The average molecular weight is 393 g/mol. The SMILES string of the molecule is CCc1nc2ccc(Br)cn2c1C(=O)Nc1ccc(C)c(Cl)c1. The molecule has 0 atom stereocenters. The number of hydrogen-bond donors (Lipinski definition) is 1. The molecule has 0 unspecified atom stereocenters. The zero-order valence-corrected chi connectivity index (χ0v) is 15.1. The van der Waals surface area contributed by atoms with Gasteiger partial charge in [-0.25, -0.2) is 4.98 Å². The molecule has 0 spiro atoms. The maximum Gasteiger partial charge on any atom is 0.274 e. The minimum Gasteiger partial charge on any atom is -0.321 e. The van der Waals surface area contributed by atoms with E-state index in [1.807, 2.05) is 44.3 Å². The van der Waals surface area contributed by atoms with Crippen molar-refractivity contribution < 1.29 is 4.79 Å². The van der Waals surface area contributed by atoms with Crippen LogP contribution in [0.15, 0.2) is 41.0 Å². The van der Waals surface area contributed by atoms with E-state index in [-0.39, 0.29) is 5.91 Å². The van der Waals surface area contributed by atoms with E-state index < -0.39 is 0 Å². The number of anilines is 1. The Morgan fingerprint density at radius 3 is 2.83 bits per heavy atom. The normalized spacial score (nSPS) is 11.0. The van der Waals surface area contributed by atoms with E-state index in [4.69, 9.17) is 11.6 Å². The number of benzene rings is 1. The quantitative estimate of drug-likeness (QED) is 0.691. The lowest BCUT2D eigenvalue weighted by atomic mass is 10.2. The number of hydrogen-bond acceptors (Lipinski definition) is 2. The lowest BCUT2D eigenvalue weighted by Gasteiger charge is -2.08. The van der Waals surface area contributed by atoms with Crippen molar-refractivity contribution in [3.63, 3.8) is 0 Å². The highest BCUT2D eigenvalue weighted by Crippen LogP contribution is 2.22. The Labute approximate surface area is 147 Å². The molecule has 0 aliphatic carbocycles. The molecule has 118 valence electrons. The summed E-state index contributed by atoms with van der Waals surface area (Å²) in [5, 5.41) is 3.52. The van der Waals surface area contributed by atoms with Crippen molar-refractivity contribution in [2.24, 2.45) is 0 Å². The van der Waals surface area contributed by atoms with Gasteiger partial charge in [-0.15, -0.1) is 0 Å². The number of fused-ring (bicyclic) bond motifs is 1. The second-order valence-electron chi connectivity index (χ2n) is 5.25. The summed E-state index contributed by atoms with van der Waals surface area (Å²) >= 11 is 9.55. The highest BCUT2D eigenvalue weighted by molar-refractivity contribution is 9.10. The Hall–Kier alpha value is -1.85. The van der Waals surface area contributed by atoms with Crippen LogP contribution in [0.25, 0.3) is 5.65 Å². The molecule has 3 aromatic rings. The first-order chi connectivity index (χ1) is 11.0. The standard InChI is InChI=1S/C17H15BrClN3O/c1-3-14-16(22-9-11(18)5-7-15(22)21-14)17(23)20-12-6-4-10(2)13(19)8-12/h4-9H,3H2,1-2H3,(H,20,23). The Kier molecular flexibility index (Phi) is 4.41. The smallest absolute Gasteiger partial charge is 0.274 e. The van der Waals surface area contributed by atoms with Crippen molar-refractivity contribution in [3.05, 3.63) is 63.0 Å². The van der Waals surface area contributed by atoms with Gasteiger partial charge in [0.05, 0.1) is 5.69 Å². The van der Waals surface area contributed by atoms with E-state index in [1.54, 1.807) is 10.5 Å². The van der Waals surface area contributed by atoms with Gasteiger partial charge in [-0.2, -0.15) is 0 Å². The molecule has 2 aromatic heterocycles. The van der Waals surface area contributed by atoms with Gasteiger partial charge in [0.2, 0.25) is 0 Å². The van der Waals surface area contributed by atoms with Crippen molar-refractivity contribution in [2.75, 3.05) is 5.32 Å². The number of imidazole rings is 1. The maximum atomic E-state index is 12.7. The molecule has 1 amide bonds. The second kappa shape index (κ2) is 6.34. The number of carbonyl (C=O) groups excluding carboxylic acids is 1. The highest BCUT2D eigenvalue weighted by Gasteiger charge is 2.18. The number of amides is 1. The number of rotatable bonds is 3. The lowest BCUT2D eigenvalue weighted by Crippen LogP contribution is -2.16. The van der Waals surface area contributed by atoms with Gasteiger partial charge in [0.25, 0.3) is 5.91 Å². The van der Waals surface area contributed by atoms with Crippen molar-refractivity contribution in [1.82, 2.24) is 9.38 Å². The molecule has 1 N–H and O–H groups in total. The molecule has 4 nitrogen and oxygen atoms in total. The van der Waals surface area contributed by atoms with E-state index in [0.717, 1.165) is 21.4 Å². The van der Waals surface area contributed by atoms with E-state index >= 15 is 0 Å². The van der Waals surface area contributed by atoms with E-state index in [1.165, 1.54) is 0 Å². The molecule has 3 rings (SSSR count). The predicted octanol–water partition coefficient (Wildman–Crippen LogP) is 4.87. The van der Waals surface area contributed by atoms with Crippen LogP contribution in [0.1, 0.15) is 28.7 Å². The topological polar surface area (TPSA) is 46.4 Å². The van der Waals surface area contributed by atoms with Crippen LogP contribution in [0, 0.1) is 6.92 Å². The zero-order chi connectivity index (χ0) is 16.6. The Morgan fingerprint density at radius 1 is 1.35 bits per heavy atom. The first-order valence-electron chi connectivity index (χ1n) is 7.23. The summed E-state index contributed by atoms with van der Waals surface area (Å²) in [4.78, 5) is 17.3. The number of aryl methyl sites for hydroxylation is 2. The van der Waals surface area contributed by atoms with Crippen molar-refractivity contribution in [1.29, 1.82) is 0 Å². The molecule has 0 aliphatic heterocycles. The summed E-state index contributed by atoms with van der Waals surface area (Å²) in [6.07, 6.45) is 2.52.